The summed E-state index contributed by atoms with van der Waals surface area (Å²) in [4.78, 5) is 10.9. The molecule has 0 amide bonds. The number of rotatable bonds is 5. The van der Waals surface area contributed by atoms with Crippen molar-refractivity contribution in [1.29, 1.82) is 0 Å². The molecule has 0 spiro atoms. The normalized spacial score (nSPS) is 16.3. The minimum atomic E-state index is -0.781. The van der Waals surface area contributed by atoms with Crippen LogP contribution in [0.25, 0.3) is 0 Å². The molecule has 0 aromatic heterocycles. The standard InChI is InChI=1S/C13H17NO4/c1-8(13(15)16)5-10(14-2)9-3-4-11-12(6-9)18-7-17-11/h3-4,6,8,10,14H,5,7H2,1-2H3,(H,15,16). The maximum atomic E-state index is 10.9. The third kappa shape index (κ3) is 2.56. The number of ether oxygens (including phenoxy) is 2. The van der Waals surface area contributed by atoms with Gasteiger partial charge < -0.3 is 19.9 Å². The maximum absolute atomic E-state index is 10.9. The smallest absolute Gasteiger partial charge is 0.306 e. The van der Waals surface area contributed by atoms with Crippen molar-refractivity contribution in [2.24, 2.45) is 5.92 Å². The van der Waals surface area contributed by atoms with Crippen LogP contribution < -0.4 is 14.8 Å². The molecule has 98 valence electrons. The number of aliphatic carboxylic acids is 1. The van der Waals surface area contributed by atoms with Crippen molar-refractivity contribution in [3.05, 3.63) is 23.8 Å². The first-order valence-electron chi connectivity index (χ1n) is 5.91. The SMILES string of the molecule is CNC(CC(C)C(=O)O)c1ccc2c(c1)OCO2. The van der Waals surface area contributed by atoms with Crippen molar-refractivity contribution in [2.45, 2.75) is 19.4 Å². The van der Waals surface area contributed by atoms with E-state index in [4.69, 9.17) is 14.6 Å². The Morgan fingerprint density at radius 1 is 1.44 bits per heavy atom. The Bertz CT molecular complexity index is 447. The first kappa shape index (κ1) is 12.7. The van der Waals surface area contributed by atoms with E-state index in [-0.39, 0.29) is 12.8 Å². The van der Waals surface area contributed by atoms with Gasteiger partial charge in [0.05, 0.1) is 5.92 Å². The average molecular weight is 251 g/mol. The van der Waals surface area contributed by atoms with Gasteiger partial charge in [-0.25, -0.2) is 0 Å². The zero-order chi connectivity index (χ0) is 13.1. The number of hydrogen-bond acceptors (Lipinski definition) is 4. The lowest BCUT2D eigenvalue weighted by atomic mass is 9.96. The summed E-state index contributed by atoms with van der Waals surface area (Å²) in [6.45, 7) is 1.95. The lowest BCUT2D eigenvalue weighted by molar-refractivity contribution is -0.141. The van der Waals surface area contributed by atoms with E-state index >= 15 is 0 Å². The summed E-state index contributed by atoms with van der Waals surface area (Å²) in [5.41, 5.74) is 1.01. The average Bonchev–Trinajstić information content (AvgIpc) is 2.82. The van der Waals surface area contributed by atoms with Crippen LogP contribution in [0.5, 0.6) is 11.5 Å². The van der Waals surface area contributed by atoms with Crippen LogP contribution in [0.3, 0.4) is 0 Å². The molecule has 0 saturated heterocycles. The lowest BCUT2D eigenvalue weighted by Gasteiger charge is -2.19. The number of benzene rings is 1. The minimum Gasteiger partial charge on any atom is -0.481 e. The van der Waals surface area contributed by atoms with Gasteiger partial charge in [0.25, 0.3) is 0 Å². The zero-order valence-electron chi connectivity index (χ0n) is 10.5. The molecular weight excluding hydrogens is 234 g/mol. The van der Waals surface area contributed by atoms with E-state index < -0.39 is 11.9 Å². The summed E-state index contributed by atoms with van der Waals surface area (Å²) in [5.74, 6) is 0.277. The molecule has 1 aromatic carbocycles. The highest BCUT2D eigenvalue weighted by Crippen LogP contribution is 2.35. The fraction of sp³-hybridized carbons (Fsp3) is 0.462. The second-order valence-corrected chi connectivity index (χ2v) is 4.43. The molecule has 0 saturated carbocycles. The minimum absolute atomic E-state index is 0.00870. The highest BCUT2D eigenvalue weighted by Gasteiger charge is 2.21. The molecule has 0 bridgehead atoms. The summed E-state index contributed by atoms with van der Waals surface area (Å²) in [7, 11) is 1.82. The topological polar surface area (TPSA) is 67.8 Å². The molecule has 1 aromatic rings. The summed E-state index contributed by atoms with van der Waals surface area (Å²) >= 11 is 0. The van der Waals surface area contributed by atoms with Crippen LogP contribution in [0.1, 0.15) is 24.9 Å². The predicted octanol–water partition coefficient (Wildman–Crippen LogP) is 1.79. The van der Waals surface area contributed by atoms with Gasteiger partial charge in [0.2, 0.25) is 6.79 Å². The molecule has 1 aliphatic heterocycles. The van der Waals surface area contributed by atoms with Gasteiger partial charge in [-0.15, -0.1) is 0 Å². The van der Waals surface area contributed by atoms with Crippen LogP contribution in [-0.2, 0) is 4.79 Å². The van der Waals surface area contributed by atoms with E-state index in [1.807, 2.05) is 25.2 Å². The highest BCUT2D eigenvalue weighted by molar-refractivity contribution is 5.69. The Labute approximate surface area is 106 Å². The largest absolute Gasteiger partial charge is 0.481 e. The third-order valence-electron chi connectivity index (χ3n) is 3.16. The van der Waals surface area contributed by atoms with Crippen molar-refractivity contribution in [3.63, 3.8) is 0 Å². The highest BCUT2D eigenvalue weighted by atomic mass is 16.7. The van der Waals surface area contributed by atoms with Crippen LogP contribution in [-0.4, -0.2) is 24.9 Å². The van der Waals surface area contributed by atoms with E-state index in [9.17, 15) is 4.79 Å². The molecule has 18 heavy (non-hydrogen) atoms. The molecule has 5 nitrogen and oxygen atoms in total. The van der Waals surface area contributed by atoms with Crippen LogP contribution in [0, 0.1) is 5.92 Å². The summed E-state index contributed by atoms with van der Waals surface area (Å²) in [6.07, 6.45) is 0.533. The molecule has 0 fully saturated rings. The predicted molar refractivity (Wildman–Crippen MR) is 65.8 cm³/mol. The molecule has 2 N–H and O–H groups in total. The number of carbonyl (C=O) groups is 1. The van der Waals surface area contributed by atoms with Crippen LogP contribution in [0.4, 0.5) is 0 Å². The van der Waals surface area contributed by atoms with E-state index in [0.717, 1.165) is 17.1 Å². The number of carboxylic acid groups (broad SMARTS) is 1. The van der Waals surface area contributed by atoms with Crippen molar-refractivity contribution in [2.75, 3.05) is 13.8 Å². The van der Waals surface area contributed by atoms with Crippen molar-refractivity contribution in [1.82, 2.24) is 5.32 Å². The number of nitrogens with one attached hydrogen (secondary N) is 1. The first-order chi connectivity index (χ1) is 8.61. The van der Waals surface area contributed by atoms with E-state index in [1.165, 1.54) is 0 Å². The molecule has 1 heterocycles. The van der Waals surface area contributed by atoms with Gasteiger partial charge in [-0.3, -0.25) is 4.79 Å². The number of hydrogen-bond donors (Lipinski definition) is 2. The van der Waals surface area contributed by atoms with E-state index in [0.29, 0.717) is 6.42 Å². The van der Waals surface area contributed by atoms with Gasteiger partial charge >= 0.3 is 5.97 Å². The summed E-state index contributed by atoms with van der Waals surface area (Å²) in [5, 5.41) is 12.1. The third-order valence-corrected chi connectivity index (χ3v) is 3.16. The van der Waals surface area contributed by atoms with Crippen LogP contribution in [0.2, 0.25) is 0 Å². The van der Waals surface area contributed by atoms with E-state index in [2.05, 4.69) is 5.32 Å². The molecule has 2 atom stereocenters. The van der Waals surface area contributed by atoms with Gasteiger partial charge in [0.15, 0.2) is 11.5 Å². The van der Waals surface area contributed by atoms with Gasteiger partial charge in [-0.05, 0) is 31.2 Å². The van der Waals surface area contributed by atoms with Crippen molar-refractivity contribution in [3.8, 4) is 11.5 Å². The van der Waals surface area contributed by atoms with Crippen LogP contribution in [0.15, 0.2) is 18.2 Å². The second kappa shape index (κ2) is 5.27. The molecule has 5 heteroatoms. The zero-order valence-corrected chi connectivity index (χ0v) is 10.5. The molecule has 0 radical (unpaired) electrons. The first-order valence-corrected chi connectivity index (χ1v) is 5.91. The lowest BCUT2D eigenvalue weighted by Crippen LogP contribution is -2.22. The fourth-order valence-electron chi connectivity index (χ4n) is 2.00. The quantitative estimate of drug-likeness (QED) is 0.835. The van der Waals surface area contributed by atoms with Gasteiger partial charge in [-0.1, -0.05) is 13.0 Å². The van der Waals surface area contributed by atoms with Crippen molar-refractivity contribution < 1.29 is 19.4 Å². The molecule has 2 rings (SSSR count). The Morgan fingerprint density at radius 3 is 2.83 bits per heavy atom. The Morgan fingerprint density at radius 2 is 2.17 bits per heavy atom. The van der Waals surface area contributed by atoms with Gasteiger partial charge in [0.1, 0.15) is 0 Å². The van der Waals surface area contributed by atoms with Crippen molar-refractivity contribution >= 4 is 5.97 Å². The Kier molecular flexibility index (Phi) is 3.72. The summed E-state index contributed by atoms with van der Waals surface area (Å²) < 4.78 is 10.6. The summed E-state index contributed by atoms with van der Waals surface area (Å²) in [6, 6.07) is 5.68. The monoisotopic (exact) mass is 251 g/mol. The molecule has 0 aliphatic carbocycles. The second-order valence-electron chi connectivity index (χ2n) is 4.43. The Balaban J connectivity index is 2.15. The molecule has 2 unspecified atom stereocenters. The van der Waals surface area contributed by atoms with Crippen LogP contribution >= 0.6 is 0 Å². The molecular formula is C13H17NO4. The fourth-order valence-corrected chi connectivity index (χ4v) is 2.00. The van der Waals surface area contributed by atoms with Gasteiger partial charge in [-0.2, -0.15) is 0 Å². The number of carboxylic acids is 1. The maximum Gasteiger partial charge on any atom is 0.306 e. The Hall–Kier alpha value is -1.75. The van der Waals surface area contributed by atoms with E-state index in [1.54, 1.807) is 6.92 Å². The van der Waals surface area contributed by atoms with Gasteiger partial charge in [0, 0.05) is 6.04 Å². The number of fused-ring (bicyclic) bond motifs is 1. The molecule has 1 aliphatic rings.